The highest BCUT2D eigenvalue weighted by Gasteiger charge is 2.02. The lowest BCUT2D eigenvalue weighted by Crippen LogP contribution is -2.16. The molecule has 0 saturated heterocycles. The minimum Gasteiger partial charge on any atom is -0.313 e. The van der Waals surface area contributed by atoms with Gasteiger partial charge in [-0.1, -0.05) is 46.3 Å². The van der Waals surface area contributed by atoms with Crippen LogP contribution in [-0.4, -0.2) is 6.54 Å². The minimum atomic E-state index is -0.154. The zero-order valence-electron chi connectivity index (χ0n) is 10.7. The molecule has 2 aromatic carbocycles. The van der Waals surface area contributed by atoms with Crippen LogP contribution in [0.2, 0.25) is 0 Å². The van der Waals surface area contributed by atoms with Crippen LogP contribution < -0.4 is 5.32 Å². The van der Waals surface area contributed by atoms with Crippen molar-refractivity contribution in [1.82, 2.24) is 5.32 Å². The van der Waals surface area contributed by atoms with Crippen LogP contribution in [-0.2, 0) is 13.0 Å². The van der Waals surface area contributed by atoms with Crippen LogP contribution in [0, 0.1) is 5.82 Å². The van der Waals surface area contributed by atoms with E-state index in [0.29, 0.717) is 12.1 Å². The molecule has 0 heterocycles. The molecule has 0 unspecified atom stereocenters. The first-order valence-electron chi connectivity index (χ1n) is 6.44. The third-order valence-corrected chi connectivity index (χ3v) is 3.48. The van der Waals surface area contributed by atoms with E-state index in [1.807, 2.05) is 12.1 Å². The van der Waals surface area contributed by atoms with Gasteiger partial charge in [-0.15, -0.1) is 0 Å². The number of hydrogen-bond donors (Lipinski definition) is 1. The van der Waals surface area contributed by atoms with Crippen LogP contribution in [0.25, 0.3) is 0 Å². The van der Waals surface area contributed by atoms with Gasteiger partial charge < -0.3 is 5.32 Å². The van der Waals surface area contributed by atoms with Crippen LogP contribution in [0.3, 0.4) is 0 Å². The molecule has 0 bridgehead atoms. The topological polar surface area (TPSA) is 12.0 Å². The van der Waals surface area contributed by atoms with Gasteiger partial charge in [-0.05, 0) is 43.1 Å². The minimum absolute atomic E-state index is 0.154. The Morgan fingerprint density at radius 2 is 1.84 bits per heavy atom. The molecule has 0 aliphatic rings. The van der Waals surface area contributed by atoms with E-state index in [-0.39, 0.29) is 5.82 Å². The highest BCUT2D eigenvalue weighted by molar-refractivity contribution is 9.10. The summed E-state index contributed by atoms with van der Waals surface area (Å²) in [6.07, 6.45) is 2.11. The van der Waals surface area contributed by atoms with Crippen molar-refractivity contribution < 1.29 is 4.39 Å². The first kappa shape index (κ1) is 14.2. The Hall–Kier alpha value is -1.19. The second-order valence-electron chi connectivity index (χ2n) is 4.50. The van der Waals surface area contributed by atoms with Crippen LogP contribution in [0.4, 0.5) is 4.39 Å². The molecule has 2 rings (SSSR count). The van der Waals surface area contributed by atoms with Gasteiger partial charge in [-0.2, -0.15) is 0 Å². The molecule has 100 valence electrons. The molecule has 0 aliphatic carbocycles. The quantitative estimate of drug-likeness (QED) is 0.782. The smallest absolute Gasteiger partial charge is 0.127 e. The number of rotatable bonds is 6. The van der Waals surface area contributed by atoms with E-state index in [0.717, 1.165) is 23.9 Å². The number of benzene rings is 2. The summed E-state index contributed by atoms with van der Waals surface area (Å²) < 4.78 is 14.4. The molecular formula is C16H17BrFN. The van der Waals surface area contributed by atoms with E-state index >= 15 is 0 Å². The Morgan fingerprint density at radius 1 is 1.05 bits per heavy atom. The van der Waals surface area contributed by atoms with Gasteiger partial charge in [0.25, 0.3) is 0 Å². The number of halogens is 2. The predicted molar refractivity (Wildman–Crippen MR) is 80.6 cm³/mol. The largest absolute Gasteiger partial charge is 0.313 e. The summed E-state index contributed by atoms with van der Waals surface area (Å²) in [6, 6.07) is 15.4. The number of aryl methyl sites for hydroxylation is 1. The number of nitrogens with one attached hydrogen (secondary N) is 1. The summed E-state index contributed by atoms with van der Waals surface area (Å²) in [4.78, 5) is 0. The Balaban J connectivity index is 1.71. The lowest BCUT2D eigenvalue weighted by Gasteiger charge is -2.06. The highest BCUT2D eigenvalue weighted by atomic mass is 79.9. The van der Waals surface area contributed by atoms with Crippen LogP contribution >= 0.6 is 15.9 Å². The molecule has 0 fully saturated rings. The van der Waals surface area contributed by atoms with E-state index in [4.69, 9.17) is 0 Å². The fourth-order valence-electron chi connectivity index (χ4n) is 1.96. The summed E-state index contributed by atoms with van der Waals surface area (Å²) >= 11 is 3.36. The zero-order valence-corrected chi connectivity index (χ0v) is 12.3. The maximum Gasteiger partial charge on any atom is 0.127 e. The first-order chi connectivity index (χ1) is 9.25. The normalized spacial score (nSPS) is 10.6. The van der Waals surface area contributed by atoms with Gasteiger partial charge in [0.15, 0.2) is 0 Å². The number of hydrogen-bond acceptors (Lipinski definition) is 1. The summed E-state index contributed by atoms with van der Waals surface area (Å²) in [6.45, 7) is 1.46. The van der Waals surface area contributed by atoms with Gasteiger partial charge in [0.2, 0.25) is 0 Å². The predicted octanol–water partition coefficient (Wildman–Crippen LogP) is 4.31. The maximum absolute atomic E-state index is 13.5. The lowest BCUT2D eigenvalue weighted by atomic mass is 10.1. The SMILES string of the molecule is Fc1ccc(Br)cc1CNCCCc1ccccc1. The average Bonchev–Trinajstić information content (AvgIpc) is 2.43. The molecule has 0 saturated carbocycles. The Morgan fingerprint density at radius 3 is 2.63 bits per heavy atom. The lowest BCUT2D eigenvalue weighted by molar-refractivity contribution is 0.581. The van der Waals surface area contributed by atoms with Crippen molar-refractivity contribution in [3.63, 3.8) is 0 Å². The van der Waals surface area contributed by atoms with Crippen molar-refractivity contribution in [2.75, 3.05) is 6.54 Å². The average molecular weight is 322 g/mol. The van der Waals surface area contributed by atoms with Gasteiger partial charge >= 0.3 is 0 Å². The highest BCUT2D eigenvalue weighted by Crippen LogP contribution is 2.15. The third-order valence-electron chi connectivity index (χ3n) is 2.99. The van der Waals surface area contributed by atoms with Crippen molar-refractivity contribution in [1.29, 1.82) is 0 Å². The second-order valence-corrected chi connectivity index (χ2v) is 5.42. The molecule has 1 N–H and O–H groups in total. The summed E-state index contributed by atoms with van der Waals surface area (Å²) in [5.41, 5.74) is 2.05. The second kappa shape index (κ2) is 7.41. The van der Waals surface area contributed by atoms with Crippen molar-refractivity contribution in [2.45, 2.75) is 19.4 Å². The molecule has 19 heavy (non-hydrogen) atoms. The van der Waals surface area contributed by atoms with E-state index in [1.54, 1.807) is 6.07 Å². The Bertz CT molecular complexity index is 513. The molecule has 0 amide bonds. The van der Waals surface area contributed by atoms with Crippen LogP contribution in [0.5, 0.6) is 0 Å². The van der Waals surface area contributed by atoms with E-state index in [2.05, 4.69) is 45.5 Å². The van der Waals surface area contributed by atoms with E-state index in [1.165, 1.54) is 11.6 Å². The molecule has 0 radical (unpaired) electrons. The van der Waals surface area contributed by atoms with E-state index in [9.17, 15) is 4.39 Å². The molecule has 0 atom stereocenters. The van der Waals surface area contributed by atoms with Crippen molar-refractivity contribution in [3.8, 4) is 0 Å². The summed E-state index contributed by atoms with van der Waals surface area (Å²) in [7, 11) is 0. The standard InChI is InChI=1S/C16H17BrFN/c17-15-8-9-16(18)14(11-15)12-19-10-4-7-13-5-2-1-3-6-13/h1-3,5-6,8-9,11,19H,4,7,10,12H2. The Kier molecular flexibility index (Phi) is 5.55. The van der Waals surface area contributed by atoms with Gasteiger partial charge in [-0.3, -0.25) is 0 Å². The molecule has 2 aromatic rings. The first-order valence-corrected chi connectivity index (χ1v) is 7.23. The van der Waals surface area contributed by atoms with Gasteiger partial charge in [-0.25, -0.2) is 4.39 Å². The zero-order chi connectivity index (χ0) is 13.5. The fourth-order valence-corrected chi connectivity index (χ4v) is 2.37. The third kappa shape index (κ3) is 4.77. The van der Waals surface area contributed by atoms with Gasteiger partial charge in [0.1, 0.15) is 5.82 Å². The Labute approximate surface area is 122 Å². The van der Waals surface area contributed by atoms with Crippen LogP contribution in [0.1, 0.15) is 17.5 Å². The van der Waals surface area contributed by atoms with Crippen molar-refractivity contribution >= 4 is 15.9 Å². The van der Waals surface area contributed by atoms with Crippen LogP contribution in [0.15, 0.2) is 53.0 Å². The van der Waals surface area contributed by atoms with Crippen molar-refractivity contribution in [3.05, 3.63) is 69.9 Å². The van der Waals surface area contributed by atoms with Crippen molar-refractivity contribution in [2.24, 2.45) is 0 Å². The van der Waals surface area contributed by atoms with Gasteiger partial charge in [0, 0.05) is 16.6 Å². The maximum atomic E-state index is 13.5. The molecule has 0 spiro atoms. The molecule has 0 aromatic heterocycles. The van der Waals surface area contributed by atoms with E-state index < -0.39 is 0 Å². The van der Waals surface area contributed by atoms with Gasteiger partial charge in [0.05, 0.1) is 0 Å². The molecule has 1 nitrogen and oxygen atoms in total. The molecule has 3 heteroatoms. The molecular weight excluding hydrogens is 305 g/mol. The summed E-state index contributed by atoms with van der Waals surface area (Å²) in [5.74, 6) is -0.154. The summed E-state index contributed by atoms with van der Waals surface area (Å²) in [5, 5.41) is 3.28. The molecule has 0 aliphatic heterocycles. The fraction of sp³-hybridized carbons (Fsp3) is 0.250. The monoisotopic (exact) mass is 321 g/mol.